The van der Waals surface area contributed by atoms with Crippen molar-refractivity contribution >= 4 is 28.7 Å². The topological polar surface area (TPSA) is 40.7 Å². The number of pyridine rings is 1. The maximum absolute atomic E-state index is 4.96. The highest BCUT2D eigenvalue weighted by atomic mass is 14.9. The Labute approximate surface area is 178 Å². The van der Waals surface area contributed by atoms with Crippen molar-refractivity contribution in [1.29, 1.82) is 0 Å². The number of hydrogen-bond donors (Lipinski definition) is 2. The van der Waals surface area contributed by atoms with Gasteiger partial charge in [0.1, 0.15) is 0 Å². The molecule has 3 nitrogen and oxygen atoms in total. The van der Waals surface area contributed by atoms with Crippen LogP contribution in [0, 0.1) is 0 Å². The Bertz CT molecular complexity index is 1180. The Morgan fingerprint density at radius 1 is 0.967 bits per heavy atom. The Hall–Kier alpha value is -3.59. The lowest BCUT2D eigenvalue weighted by atomic mass is 9.99. The van der Waals surface area contributed by atoms with Crippen LogP contribution in [0.15, 0.2) is 73.4 Å². The molecule has 0 unspecified atom stereocenters. The van der Waals surface area contributed by atoms with Crippen LogP contribution in [0.1, 0.15) is 31.5 Å². The molecule has 4 aromatic rings. The number of H-pyrrole nitrogens is 1. The Balaban J connectivity index is 1.70. The zero-order chi connectivity index (χ0) is 20.9. The fourth-order valence-electron chi connectivity index (χ4n) is 3.74. The first-order chi connectivity index (χ1) is 14.7. The van der Waals surface area contributed by atoms with E-state index in [1.54, 1.807) is 0 Å². The molecule has 4 rings (SSSR count). The van der Waals surface area contributed by atoms with Gasteiger partial charge in [0.15, 0.2) is 0 Å². The summed E-state index contributed by atoms with van der Waals surface area (Å²) in [7, 11) is 0. The summed E-state index contributed by atoms with van der Waals surface area (Å²) in [4.78, 5) is 8.31. The minimum Gasteiger partial charge on any atom is -0.385 e. The van der Waals surface area contributed by atoms with Crippen molar-refractivity contribution in [2.45, 2.75) is 20.3 Å². The molecule has 0 saturated carbocycles. The number of rotatable bonds is 7. The second-order valence-corrected chi connectivity index (χ2v) is 7.31. The first-order valence-electron chi connectivity index (χ1n) is 10.5. The number of anilines is 1. The summed E-state index contributed by atoms with van der Waals surface area (Å²) in [5, 5.41) is 4.53. The number of nitrogens with zero attached hydrogens (tertiary/aromatic N) is 1. The zero-order valence-electron chi connectivity index (χ0n) is 17.6. The van der Waals surface area contributed by atoms with Crippen LogP contribution in [0.3, 0.4) is 0 Å². The van der Waals surface area contributed by atoms with E-state index >= 15 is 0 Å². The Morgan fingerprint density at radius 3 is 2.27 bits per heavy atom. The van der Waals surface area contributed by atoms with Gasteiger partial charge < -0.3 is 10.3 Å². The van der Waals surface area contributed by atoms with Gasteiger partial charge >= 0.3 is 0 Å². The third kappa shape index (κ3) is 3.79. The van der Waals surface area contributed by atoms with E-state index in [2.05, 4.69) is 78.4 Å². The molecular formula is C27H27N3. The van der Waals surface area contributed by atoms with E-state index in [-0.39, 0.29) is 0 Å². The number of allylic oxidation sites excluding steroid dienone is 1. The number of benzene rings is 2. The highest BCUT2D eigenvalue weighted by Gasteiger charge is 2.13. The van der Waals surface area contributed by atoms with Gasteiger partial charge in [-0.25, -0.2) is 4.98 Å². The van der Waals surface area contributed by atoms with E-state index in [1.165, 1.54) is 11.1 Å². The number of fused-ring (bicyclic) bond motifs is 1. The van der Waals surface area contributed by atoms with Gasteiger partial charge in [0.25, 0.3) is 0 Å². The summed E-state index contributed by atoms with van der Waals surface area (Å²) in [6.45, 7) is 9.15. The third-order valence-corrected chi connectivity index (χ3v) is 5.26. The third-order valence-electron chi connectivity index (χ3n) is 5.26. The highest BCUT2D eigenvalue weighted by molar-refractivity contribution is 5.99. The van der Waals surface area contributed by atoms with Crippen LogP contribution in [0.2, 0.25) is 0 Å². The van der Waals surface area contributed by atoms with Gasteiger partial charge in [-0.3, -0.25) is 0 Å². The van der Waals surface area contributed by atoms with E-state index in [1.807, 2.05) is 31.3 Å². The second kappa shape index (κ2) is 8.83. The van der Waals surface area contributed by atoms with Crippen molar-refractivity contribution in [1.82, 2.24) is 9.97 Å². The van der Waals surface area contributed by atoms with Crippen LogP contribution >= 0.6 is 0 Å². The predicted molar refractivity (Wildman–Crippen MR) is 131 cm³/mol. The van der Waals surface area contributed by atoms with E-state index < -0.39 is 0 Å². The molecule has 0 spiro atoms. The summed E-state index contributed by atoms with van der Waals surface area (Å²) < 4.78 is 0. The summed E-state index contributed by atoms with van der Waals surface area (Å²) in [5.41, 5.74) is 8.68. The molecule has 0 atom stereocenters. The maximum Gasteiger partial charge on any atom is 0.0803 e. The molecule has 0 bridgehead atoms. The molecule has 2 N–H and O–H groups in total. The summed E-state index contributed by atoms with van der Waals surface area (Å²) in [5.74, 6) is 0. The SMILES string of the molecule is C=Cc1c(/C=C\C)nc(-c2ccc(-c3ccc(NCCC)cc3)cc2)c2cc[nH]c12. The maximum atomic E-state index is 4.96. The van der Waals surface area contributed by atoms with Crippen LogP contribution in [0.25, 0.3) is 45.4 Å². The molecule has 0 fully saturated rings. The highest BCUT2D eigenvalue weighted by Crippen LogP contribution is 2.32. The van der Waals surface area contributed by atoms with Crippen molar-refractivity contribution in [2.24, 2.45) is 0 Å². The molecular weight excluding hydrogens is 366 g/mol. The van der Waals surface area contributed by atoms with Crippen molar-refractivity contribution in [2.75, 3.05) is 11.9 Å². The average molecular weight is 394 g/mol. The normalized spacial score (nSPS) is 11.3. The molecule has 0 saturated heterocycles. The molecule has 0 aliphatic heterocycles. The number of nitrogens with one attached hydrogen (secondary N) is 2. The molecule has 0 radical (unpaired) electrons. The van der Waals surface area contributed by atoms with E-state index in [9.17, 15) is 0 Å². The molecule has 3 heteroatoms. The summed E-state index contributed by atoms with van der Waals surface area (Å²) >= 11 is 0. The summed E-state index contributed by atoms with van der Waals surface area (Å²) in [6.07, 6.45) is 8.99. The molecule has 150 valence electrons. The Kier molecular flexibility index (Phi) is 5.80. The van der Waals surface area contributed by atoms with E-state index in [0.717, 1.165) is 52.1 Å². The van der Waals surface area contributed by atoms with Gasteiger partial charge in [-0.2, -0.15) is 0 Å². The Morgan fingerprint density at radius 2 is 1.63 bits per heavy atom. The molecule has 2 aromatic carbocycles. The van der Waals surface area contributed by atoms with Crippen LogP contribution < -0.4 is 5.32 Å². The van der Waals surface area contributed by atoms with Crippen molar-refractivity contribution in [3.63, 3.8) is 0 Å². The van der Waals surface area contributed by atoms with Gasteiger partial charge in [0.05, 0.1) is 16.9 Å². The smallest absolute Gasteiger partial charge is 0.0803 e. The quantitative estimate of drug-likeness (QED) is 0.343. The fraction of sp³-hybridized carbons (Fsp3) is 0.148. The monoisotopic (exact) mass is 393 g/mol. The van der Waals surface area contributed by atoms with Crippen LogP contribution in [-0.4, -0.2) is 16.5 Å². The van der Waals surface area contributed by atoms with Gasteiger partial charge in [-0.15, -0.1) is 0 Å². The minimum atomic E-state index is 0.927. The summed E-state index contributed by atoms with van der Waals surface area (Å²) in [6, 6.07) is 19.3. The van der Waals surface area contributed by atoms with E-state index in [4.69, 9.17) is 4.98 Å². The second-order valence-electron chi connectivity index (χ2n) is 7.31. The van der Waals surface area contributed by atoms with Crippen molar-refractivity contribution < 1.29 is 0 Å². The van der Waals surface area contributed by atoms with Gasteiger partial charge in [-0.1, -0.05) is 62.1 Å². The van der Waals surface area contributed by atoms with Crippen molar-refractivity contribution in [3.05, 3.63) is 84.7 Å². The average Bonchev–Trinajstić information content (AvgIpc) is 3.28. The molecule has 0 aliphatic carbocycles. The first-order valence-corrected chi connectivity index (χ1v) is 10.5. The molecule has 2 aromatic heterocycles. The minimum absolute atomic E-state index is 0.927. The van der Waals surface area contributed by atoms with Crippen molar-refractivity contribution in [3.8, 4) is 22.4 Å². The molecule has 2 heterocycles. The largest absolute Gasteiger partial charge is 0.385 e. The lowest BCUT2D eigenvalue weighted by Gasteiger charge is -2.10. The van der Waals surface area contributed by atoms with Crippen LogP contribution in [-0.2, 0) is 0 Å². The van der Waals surface area contributed by atoms with E-state index in [0.29, 0.717) is 0 Å². The van der Waals surface area contributed by atoms with Gasteiger partial charge in [-0.05, 0) is 48.7 Å². The standard InChI is InChI=1S/C27H27N3/c1-4-7-25-23(6-3)27-24(16-18-29-27)26(30-25)21-10-8-19(9-11-21)20-12-14-22(15-13-20)28-17-5-2/h4,6-16,18,28-29H,3,5,17H2,1-2H3/b7-4-. The van der Waals surface area contributed by atoms with Gasteiger partial charge in [0, 0.05) is 34.9 Å². The van der Waals surface area contributed by atoms with Gasteiger partial charge in [0.2, 0.25) is 0 Å². The molecule has 0 amide bonds. The molecule has 30 heavy (non-hydrogen) atoms. The zero-order valence-corrected chi connectivity index (χ0v) is 17.6. The lowest BCUT2D eigenvalue weighted by molar-refractivity contribution is 0.980. The first kappa shape index (κ1) is 19.7. The number of aromatic amines is 1. The fourth-order valence-corrected chi connectivity index (χ4v) is 3.74. The number of hydrogen-bond acceptors (Lipinski definition) is 2. The van der Waals surface area contributed by atoms with Crippen LogP contribution in [0.5, 0.6) is 0 Å². The number of aromatic nitrogens is 2. The lowest BCUT2D eigenvalue weighted by Crippen LogP contribution is -1.98. The molecule has 0 aliphatic rings. The van der Waals surface area contributed by atoms with Crippen LogP contribution in [0.4, 0.5) is 5.69 Å². The predicted octanol–water partition coefficient (Wildman–Crippen LogP) is 7.39.